The summed E-state index contributed by atoms with van der Waals surface area (Å²) in [5, 5.41) is 5.14. The number of nitrogens with zero attached hydrogens (tertiary/aromatic N) is 1. The normalized spacial score (nSPS) is 11.3. The second kappa shape index (κ2) is 7.73. The number of hydrogen-bond donors (Lipinski definition) is 1. The Bertz CT molecular complexity index is 1040. The molecule has 0 atom stereocenters. The van der Waals surface area contributed by atoms with Crippen LogP contribution in [0.5, 0.6) is 0 Å². The number of rotatable bonds is 6. The van der Waals surface area contributed by atoms with Gasteiger partial charge in [-0.25, -0.2) is 18.5 Å². The van der Waals surface area contributed by atoms with Crippen LogP contribution in [-0.4, -0.2) is 26.0 Å². The van der Waals surface area contributed by atoms with Crippen molar-refractivity contribution in [2.75, 3.05) is 6.61 Å². The summed E-state index contributed by atoms with van der Waals surface area (Å²) < 4.78 is 33.6. The summed E-state index contributed by atoms with van der Waals surface area (Å²) in [5.74, 6) is 0.216. The molecule has 3 rings (SSSR count). The molecule has 0 aliphatic heterocycles. The summed E-state index contributed by atoms with van der Waals surface area (Å²) in [6, 6.07) is 15.3. The van der Waals surface area contributed by atoms with Crippen LogP contribution < -0.4 is 5.14 Å². The van der Waals surface area contributed by atoms with Gasteiger partial charge in [0.2, 0.25) is 15.9 Å². The second-order valence-corrected chi connectivity index (χ2v) is 7.26. The van der Waals surface area contributed by atoms with Crippen molar-refractivity contribution in [3.63, 3.8) is 0 Å². The maximum absolute atomic E-state index is 11.8. The molecule has 0 amide bonds. The minimum atomic E-state index is -3.79. The van der Waals surface area contributed by atoms with Crippen molar-refractivity contribution < 1.29 is 22.4 Å². The highest BCUT2D eigenvalue weighted by atomic mass is 32.2. The molecule has 0 unspecified atom stereocenters. The largest absolute Gasteiger partial charge is 0.466 e. The van der Waals surface area contributed by atoms with Crippen LogP contribution in [0.2, 0.25) is 0 Å². The number of aromatic nitrogens is 1. The van der Waals surface area contributed by atoms with Crippen LogP contribution in [-0.2, 0) is 26.0 Å². The van der Waals surface area contributed by atoms with E-state index in [4.69, 9.17) is 14.3 Å². The maximum atomic E-state index is 11.8. The lowest BCUT2D eigenvalue weighted by Crippen LogP contribution is -2.11. The predicted molar refractivity (Wildman–Crippen MR) is 99.1 cm³/mol. The Morgan fingerprint density at radius 3 is 2.33 bits per heavy atom. The van der Waals surface area contributed by atoms with Gasteiger partial charge in [-0.2, -0.15) is 0 Å². The molecule has 0 saturated carbocycles. The lowest BCUT2D eigenvalue weighted by Gasteiger charge is -2.03. The number of benzene rings is 2. The van der Waals surface area contributed by atoms with Crippen molar-refractivity contribution in [1.29, 1.82) is 0 Å². The van der Waals surface area contributed by atoms with Crippen LogP contribution in [0.1, 0.15) is 12.8 Å². The fourth-order valence-corrected chi connectivity index (χ4v) is 3.07. The van der Waals surface area contributed by atoms with Crippen LogP contribution in [0, 0.1) is 0 Å². The third-order valence-electron chi connectivity index (χ3n) is 3.76. The molecule has 27 heavy (non-hydrogen) atoms. The quantitative estimate of drug-likeness (QED) is 0.652. The standard InChI is InChI=1S/C19H18N2O5S/c1-2-25-17(22)12-16-21-18(13-6-4-3-5-7-13)19(26-16)14-8-10-15(11-9-14)27(20,23)24/h3-11H,2,12H2,1H3,(H2,20,23,24). The number of primary sulfonamides is 1. The zero-order valence-corrected chi connectivity index (χ0v) is 15.4. The van der Waals surface area contributed by atoms with E-state index in [-0.39, 0.29) is 23.8 Å². The molecule has 8 heteroatoms. The van der Waals surface area contributed by atoms with E-state index in [0.29, 0.717) is 17.0 Å². The van der Waals surface area contributed by atoms with Gasteiger partial charge in [-0.15, -0.1) is 0 Å². The molecule has 0 aliphatic rings. The summed E-state index contributed by atoms with van der Waals surface area (Å²) >= 11 is 0. The Kier molecular flexibility index (Phi) is 5.38. The van der Waals surface area contributed by atoms with E-state index in [1.54, 1.807) is 19.1 Å². The molecule has 0 saturated heterocycles. The van der Waals surface area contributed by atoms with Gasteiger partial charge in [-0.05, 0) is 31.2 Å². The van der Waals surface area contributed by atoms with Gasteiger partial charge in [0.25, 0.3) is 0 Å². The average molecular weight is 386 g/mol. The minimum absolute atomic E-state index is 0.00114. The van der Waals surface area contributed by atoms with Gasteiger partial charge in [-0.1, -0.05) is 30.3 Å². The van der Waals surface area contributed by atoms with Crippen LogP contribution in [0.3, 0.4) is 0 Å². The molecule has 140 valence electrons. The topological polar surface area (TPSA) is 112 Å². The molecule has 1 heterocycles. The summed E-state index contributed by atoms with van der Waals surface area (Å²) in [7, 11) is -3.79. The molecule has 0 spiro atoms. The Hall–Kier alpha value is -2.97. The van der Waals surface area contributed by atoms with E-state index < -0.39 is 16.0 Å². The molecular formula is C19H18N2O5S. The van der Waals surface area contributed by atoms with Crippen molar-refractivity contribution in [3.05, 3.63) is 60.5 Å². The zero-order chi connectivity index (χ0) is 19.4. The van der Waals surface area contributed by atoms with Gasteiger partial charge >= 0.3 is 5.97 Å². The lowest BCUT2D eigenvalue weighted by molar-refractivity contribution is -0.142. The van der Waals surface area contributed by atoms with Gasteiger partial charge in [-0.3, -0.25) is 4.79 Å². The molecule has 1 aromatic heterocycles. The number of nitrogens with two attached hydrogens (primary N) is 1. The molecule has 7 nitrogen and oxygen atoms in total. The third kappa shape index (κ3) is 4.42. The molecule has 0 fully saturated rings. The lowest BCUT2D eigenvalue weighted by atomic mass is 10.1. The van der Waals surface area contributed by atoms with E-state index in [9.17, 15) is 13.2 Å². The van der Waals surface area contributed by atoms with Crippen LogP contribution in [0.15, 0.2) is 63.9 Å². The maximum Gasteiger partial charge on any atom is 0.315 e. The first-order chi connectivity index (χ1) is 12.9. The molecule has 0 bridgehead atoms. The first kappa shape index (κ1) is 18.8. The fourth-order valence-electron chi connectivity index (χ4n) is 2.56. The van der Waals surface area contributed by atoms with E-state index in [1.807, 2.05) is 30.3 Å². The summed E-state index contributed by atoms with van der Waals surface area (Å²) in [6.07, 6.45) is -0.0943. The SMILES string of the molecule is CCOC(=O)Cc1nc(-c2ccccc2)c(-c2ccc(S(N)(=O)=O)cc2)o1. The van der Waals surface area contributed by atoms with Gasteiger partial charge in [0.1, 0.15) is 12.1 Å². The van der Waals surface area contributed by atoms with E-state index in [0.717, 1.165) is 5.56 Å². The number of esters is 1. The van der Waals surface area contributed by atoms with Crippen LogP contribution in [0.4, 0.5) is 0 Å². The van der Waals surface area contributed by atoms with Crippen molar-refractivity contribution in [2.45, 2.75) is 18.2 Å². The fraction of sp³-hybridized carbons (Fsp3) is 0.158. The first-order valence-electron chi connectivity index (χ1n) is 8.22. The number of hydrogen-bond acceptors (Lipinski definition) is 6. The number of sulfonamides is 1. The van der Waals surface area contributed by atoms with Gasteiger partial charge in [0, 0.05) is 11.1 Å². The van der Waals surface area contributed by atoms with Gasteiger partial charge in [0.05, 0.1) is 11.5 Å². The smallest absolute Gasteiger partial charge is 0.315 e. The number of carbonyl (C=O) groups excluding carboxylic acids is 1. The third-order valence-corrected chi connectivity index (χ3v) is 4.69. The molecule has 3 aromatic rings. The number of ether oxygens (including phenoxy) is 1. The van der Waals surface area contributed by atoms with E-state index in [2.05, 4.69) is 4.98 Å². The molecule has 2 N–H and O–H groups in total. The minimum Gasteiger partial charge on any atom is -0.466 e. The monoisotopic (exact) mass is 386 g/mol. The second-order valence-electron chi connectivity index (χ2n) is 5.70. The van der Waals surface area contributed by atoms with Crippen molar-refractivity contribution in [3.8, 4) is 22.6 Å². The average Bonchev–Trinajstić information content (AvgIpc) is 3.06. The number of oxazole rings is 1. The Morgan fingerprint density at radius 2 is 1.74 bits per heavy atom. The van der Waals surface area contributed by atoms with Gasteiger partial charge < -0.3 is 9.15 Å². The van der Waals surface area contributed by atoms with Crippen molar-refractivity contribution in [1.82, 2.24) is 4.98 Å². The summed E-state index contributed by atoms with van der Waals surface area (Å²) in [6.45, 7) is 1.99. The van der Waals surface area contributed by atoms with Crippen molar-refractivity contribution in [2.24, 2.45) is 5.14 Å². The van der Waals surface area contributed by atoms with Crippen LogP contribution >= 0.6 is 0 Å². The predicted octanol–water partition coefficient (Wildman–Crippen LogP) is 2.76. The van der Waals surface area contributed by atoms with Crippen LogP contribution in [0.25, 0.3) is 22.6 Å². The van der Waals surface area contributed by atoms with E-state index >= 15 is 0 Å². The number of carbonyl (C=O) groups is 1. The zero-order valence-electron chi connectivity index (χ0n) is 14.6. The Balaban J connectivity index is 2.04. The highest BCUT2D eigenvalue weighted by Gasteiger charge is 2.19. The first-order valence-corrected chi connectivity index (χ1v) is 9.77. The van der Waals surface area contributed by atoms with Crippen molar-refractivity contribution >= 4 is 16.0 Å². The summed E-state index contributed by atoms with van der Waals surface area (Å²) in [4.78, 5) is 16.2. The molecule has 0 aliphatic carbocycles. The Labute approximate surface area is 156 Å². The molecule has 0 radical (unpaired) electrons. The van der Waals surface area contributed by atoms with E-state index in [1.165, 1.54) is 12.1 Å². The Morgan fingerprint density at radius 1 is 1.07 bits per heavy atom. The van der Waals surface area contributed by atoms with Gasteiger partial charge in [0.15, 0.2) is 5.76 Å². The molecular weight excluding hydrogens is 368 g/mol. The summed E-state index contributed by atoms with van der Waals surface area (Å²) in [5.41, 5.74) is 1.98. The highest BCUT2D eigenvalue weighted by Crippen LogP contribution is 2.33. The molecule has 2 aromatic carbocycles. The highest BCUT2D eigenvalue weighted by molar-refractivity contribution is 7.89.